The molecule has 1 aliphatic heterocycles. The van der Waals surface area contributed by atoms with Crippen LogP contribution in [0.3, 0.4) is 0 Å². The van der Waals surface area contributed by atoms with Crippen molar-refractivity contribution in [2.75, 3.05) is 26.2 Å². The Morgan fingerprint density at radius 2 is 1.69 bits per heavy atom. The highest BCUT2D eigenvalue weighted by molar-refractivity contribution is 5.79. The summed E-state index contributed by atoms with van der Waals surface area (Å²) in [5.41, 5.74) is 0. The molecule has 0 spiro atoms. The lowest BCUT2D eigenvalue weighted by Gasteiger charge is -2.21. The maximum Gasteiger partial charge on any atom is 0.315 e. The maximum atomic E-state index is 12.2. The van der Waals surface area contributed by atoms with Crippen LogP contribution in [-0.4, -0.2) is 54.2 Å². The van der Waals surface area contributed by atoms with E-state index in [0.717, 1.165) is 4.90 Å². The smallest absolute Gasteiger partial charge is 0.315 e. The van der Waals surface area contributed by atoms with Gasteiger partial charge in [0, 0.05) is 32.6 Å². The fourth-order valence-electron chi connectivity index (χ4n) is 1.75. The molecule has 0 unspecified atom stereocenters. The molecule has 1 aliphatic rings. The second-order valence-electron chi connectivity index (χ2n) is 3.71. The van der Waals surface area contributed by atoms with Crippen LogP contribution in [0.4, 0.5) is 8.78 Å². The zero-order valence-electron chi connectivity index (χ0n) is 9.29. The van der Waals surface area contributed by atoms with Gasteiger partial charge >= 0.3 is 6.43 Å². The molecule has 0 aromatic rings. The van der Waals surface area contributed by atoms with E-state index in [1.54, 1.807) is 11.8 Å². The van der Waals surface area contributed by atoms with Gasteiger partial charge in [0.25, 0.3) is 5.91 Å². The first-order valence-corrected chi connectivity index (χ1v) is 5.41. The van der Waals surface area contributed by atoms with Crippen LogP contribution in [-0.2, 0) is 9.59 Å². The molecular formula is C10H16F2N2O2. The predicted molar refractivity (Wildman–Crippen MR) is 54.1 cm³/mol. The van der Waals surface area contributed by atoms with Crippen molar-refractivity contribution in [2.45, 2.75) is 26.2 Å². The van der Waals surface area contributed by atoms with Gasteiger partial charge in [0.05, 0.1) is 0 Å². The third kappa shape index (κ3) is 3.15. The van der Waals surface area contributed by atoms with Crippen molar-refractivity contribution < 1.29 is 18.4 Å². The molecule has 92 valence electrons. The van der Waals surface area contributed by atoms with Crippen LogP contribution in [0.1, 0.15) is 19.8 Å². The first kappa shape index (κ1) is 12.9. The highest BCUT2D eigenvalue weighted by Crippen LogP contribution is 2.08. The summed E-state index contributed by atoms with van der Waals surface area (Å²) in [5, 5.41) is 0. The summed E-state index contributed by atoms with van der Waals surface area (Å²) in [7, 11) is 0. The van der Waals surface area contributed by atoms with Crippen molar-refractivity contribution in [1.82, 2.24) is 9.80 Å². The number of nitrogens with zero attached hydrogens (tertiary/aromatic N) is 2. The summed E-state index contributed by atoms with van der Waals surface area (Å²) >= 11 is 0. The average Bonchev–Trinajstić information content (AvgIpc) is 2.52. The first-order valence-electron chi connectivity index (χ1n) is 5.41. The van der Waals surface area contributed by atoms with E-state index < -0.39 is 12.3 Å². The second-order valence-corrected chi connectivity index (χ2v) is 3.71. The number of rotatable bonds is 2. The Morgan fingerprint density at radius 3 is 2.25 bits per heavy atom. The molecule has 0 aromatic carbocycles. The fourth-order valence-corrected chi connectivity index (χ4v) is 1.75. The molecule has 0 aromatic heterocycles. The summed E-state index contributed by atoms with van der Waals surface area (Å²) in [6, 6.07) is 0. The molecule has 4 nitrogen and oxygen atoms in total. The van der Waals surface area contributed by atoms with Crippen LogP contribution < -0.4 is 0 Å². The topological polar surface area (TPSA) is 40.6 Å². The molecule has 1 heterocycles. The zero-order chi connectivity index (χ0) is 12.1. The lowest BCUT2D eigenvalue weighted by atomic mass is 10.3. The van der Waals surface area contributed by atoms with Crippen molar-refractivity contribution in [3.63, 3.8) is 0 Å². The van der Waals surface area contributed by atoms with E-state index in [1.165, 1.54) is 0 Å². The van der Waals surface area contributed by atoms with Crippen LogP contribution in [0.25, 0.3) is 0 Å². The molecule has 2 amide bonds. The van der Waals surface area contributed by atoms with Crippen molar-refractivity contribution in [2.24, 2.45) is 0 Å². The van der Waals surface area contributed by atoms with E-state index in [1.807, 2.05) is 0 Å². The van der Waals surface area contributed by atoms with Crippen molar-refractivity contribution in [3.8, 4) is 0 Å². The monoisotopic (exact) mass is 234 g/mol. The van der Waals surface area contributed by atoms with E-state index in [9.17, 15) is 18.4 Å². The molecule has 16 heavy (non-hydrogen) atoms. The summed E-state index contributed by atoms with van der Waals surface area (Å²) in [5.74, 6) is -1.13. The highest BCUT2D eigenvalue weighted by Gasteiger charge is 2.26. The molecule has 1 saturated heterocycles. The van der Waals surface area contributed by atoms with Crippen LogP contribution >= 0.6 is 0 Å². The van der Waals surface area contributed by atoms with Crippen molar-refractivity contribution in [1.29, 1.82) is 0 Å². The van der Waals surface area contributed by atoms with E-state index in [0.29, 0.717) is 32.5 Å². The molecule has 6 heteroatoms. The molecule has 0 bridgehead atoms. The third-order valence-corrected chi connectivity index (χ3v) is 2.65. The van der Waals surface area contributed by atoms with E-state index in [-0.39, 0.29) is 12.5 Å². The van der Waals surface area contributed by atoms with Gasteiger partial charge in [-0.25, -0.2) is 0 Å². The van der Waals surface area contributed by atoms with Crippen LogP contribution in [0.5, 0.6) is 0 Å². The Labute approximate surface area is 93.2 Å². The maximum absolute atomic E-state index is 12.2. The van der Waals surface area contributed by atoms with E-state index >= 15 is 0 Å². The fraction of sp³-hybridized carbons (Fsp3) is 0.800. The van der Waals surface area contributed by atoms with Crippen LogP contribution in [0.15, 0.2) is 0 Å². The van der Waals surface area contributed by atoms with Crippen LogP contribution in [0, 0.1) is 0 Å². The molecule has 0 N–H and O–H groups in total. The Balaban J connectivity index is 2.52. The van der Waals surface area contributed by atoms with Crippen molar-refractivity contribution >= 4 is 11.8 Å². The highest BCUT2D eigenvalue weighted by atomic mass is 19.3. The van der Waals surface area contributed by atoms with Gasteiger partial charge in [0.15, 0.2) is 0 Å². The summed E-state index contributed by atoms with van der Waals surface area (Å²) in [6.45, 7) is 3.16. The molecule has 1 fully saturated rings. The van der Waals surface area contributed by atoms with Gasteiger partial charge in [-0.1, -0.05) is 6.92 Å². The Morgan fingerprint density at radius 1 is 1.12 bits per heavy atom. The van der Waals surface area contributed by atoms with E-state index in [2.05, 4.69) is 0 Å². The standard InChI is InChI=1S/C10H16F2N2O2/c1-2-8(15)13-4-3-5-14(7-6-13)10(16)9(11)12/h9H,2-7H2,1H3. The quantitative estimate of drug-likeness (QED) is 0.706. The Kier molecular flexibility index (Phi) is 4.64. The number of hydrogen-bond donors (Lipinski definition) is 0. The van der Waals surface area contributed by atoms with Gasteiger partial charge in [-0.05, 0) is 6.42 Å². The summed E-state index contributed by atoms with van der Waals surface area (Å²) < 4.78 is 24.4. The first-order chi connectivity index (χ1) is 7.56. The minimum Gasteiger partial charge on any atom is -0.341 e. The molecule has 0 atom stereocenters. The van der Waals surface area contributed by atoms with Gasteiger partial charge in [-0.3, -0.25) is 9.59 Å². The lowest BCUT2D eigenvalue weighted by Crippen LogP contribution is -2.39. The average molecular weight is 234 g/mol. The molecular weight excluding hydrogens is 218 g/mol. The van der Waals surface area contributed by atoms with Gasteiger partial charge in [0.1, 0.15) is 0 Å². The third-order valence-electron chi connectivity index (χ3n) is 2.65. The SMILES string of the molecule is CCC(=O)N1CCCN(C(=O)C(F)F)CC1. The normalized spacial score (nSPS) is 17.5. The van der Waals surface area contributed by atoms with E-state index in [4.69, 9.17) is 0 Å². The number of carbonyl (C=O) groups excluding carboxylic acids is 2. The predicted octanol–water partition coefficient (Wildman–Crippen LogP) is 0.722. The largest absolute Gasteiger partial charge is 0.341 e. The molecule has 1 rings (SSSR count). The van der Waals surface area contributed by atoms with Crippen molar-refractivity contribution in [3.05, 3.63) is 0 Å². The van der Waals surface area contributed by atoms with Gasteiger partial charge in [-0.2, -0.15) is 8.78 Å². The van der Waals surface area contributed by atoms with Gasteiger partial charge in [-0.15, -0.1) is 0 Å². The number of halogens is 2. The second kappa shape index (κ2) is 5.77. The summed E-state index contributed by atoms with van der Waals surface area (Å²) in [6.07, 6.45) is -1.99. The Hall–Kier alpha value is -1.20. The number of carbonyl (C=O) groups is 2. The number of amides is 2. The molecule has 0 saturated carbocycles. The van der Waals surface area contributed by atoms with Gasteiger partial charge in [0.2, 0.25) is 5.91 Å². The molecule has 0 aliphatic carbocycles. The minimum absolute atomic E-state index is 0.00588. The summed E-state index contributed by atoms with van der Waals surface area (Å²) in [4.78, 5) is 25.2. The minimum atomic E-state index is -2.95. The number of alkyl halides is 2. The zero-order valence-corrected chi connectivity index (χ0v) is 9.29. The van der Waals surface area contributed by atoms with Gasteiger partial charge < -0.3 is 9.80 Å². The lowest BCUT2D eigenvalue weighted by molar-refractivity contribution is -0.143. The van der Waals surface area contributed by atoms with Crippen LogP contribution in [0.2, 0.25) is 0 Å². The number of hydrogen-bond acceptors (Lipinski definition) is 2. The molecule has 0 radical (unpaired) electrons. The Bertz CT molecular complexity index is 272.